The van der Waals surface area contributed by atoms with Crippen LogP contribution in [-0.4, -0.2) is 38.6 Å². The number of benzene rings is 2. The maximum atomic E-state index is 6.60. The molecule has 2 aliphatic rings. The first-order valence-electron chi connectivity index (χ1n) is 15.2. The topological polar surface area (TPSA) is 43.5 Å². The molecule has 0 aromatic heterocycles. The molecule has 0 spiro atoms. The van der Waals surface area contributed by atoms with E-state index in [0.29, 0.717) is 25.4 Å². The largest absolute Gasteiger partial charge is 0.493 e. The van der Waals surface area contributed by atoms with Gasteiger partial charge in [-0.05, 0) is 57.1 Å². The molecule has 4 heteroatoms. The summed E-state index contributed by atoms with van der Waals surface area (Å²) < 4.78 is 24.1. The standard InChI is InChI=1S/C36H54O4/c1-33(2,3)27-17-23(18-28(34(4,5)6)31(27)37-15-13-25-21-39-25)24-19-29(35(7,8)9)32(30(20-24)36(10,11)12)38-16-14-26-22-40-26/h17-20,25-26H,13-16,21-22H2,1-12H3. The molecule has 4 nitrogen and oxygen atoms in total. The predicted molar refractivity (Wildman–Crippen MR) is 166 cm³/mol. The van der Waals surface area contributed by atoms with Crippen molar-refractivity contribution in [2.75, 3.05) is 26.4 Å². The van der Waals surface area contributed by atoms with Gasteiger partial charge in [0.1, 0.15) is 11.5 Å². The zero-order valence-corrected chi connectivity index (χ0v) is 27.3. The molecule has 0 saturated carbocycles. The van der Waals surface area contributed by atoms with Gasteiger partial charge in [0.2, 0.25) is 0 Å². The average molecular weight is 551 g/mol. The van der Waals surface area contributed by atoms with Gasteiger partial charge < -0.3 is 18.9 Å². The second-order valence-corrected chi connectivity index (χ2v) is 16.0. The molecular formula is C36H54O4. The Kier molecular flexibility index (Phi) is 8.49. The first kappa shape index (κ1) is 30.9. The molecule has 2 fully saturated rings. The Balaban J connectivity index is 1.88. The minimum atomic E-state index is -0.0743. The Hall–Kier alpha value is -2.04. The quantitative estimate of drug-likeness (QED) is 0.292. The minimum absolute atomic E-state index is 0.0743. The zero-order valence-electron chi connectivity index (χ0n) is 27.3. The normalized spacial score (nSPS) is 19.5. The number of rotatable bonds is 9. The highest BCUT2D eigenvalue weighted by Gasteiger charge is 2.32. The fraction of sp³-hybridized carbons (Fsp3) is 0.667. The molecule has 2 aliphatic heterocycles. The molecule has 0 radical (unpaired) electrons. The Bertz CT molecular complexity index is 1020. The molecule has 0 N–H and O–H groups in total. The van der Waals surface area contributed by atoms with Crippen molar-refractivity contribution in [1.82, 2.24) is 0 Å². The van der Waals surface area contributed by atoms with Crippen LogP contribution in [0.15, 0.2) is 24.3 Å². The maximum Gasteiger partial charge on any atom is 0.126 e. The number of ether oxygens (including phenoxy) is 4. The first-order chi connectivity index (χ1) is 18.4. The third-order valence-corrected chi connectivity index (χ3v) is 7.92. The highest BCUT2D eigenvalue weighted by atomic mass is 16.6. The van der Waals surface area contributed by atoms with Crippen molar-refractivity contribution < 1.29 is 18.9 Å². The lowest BCUT2D eigenvalue weighted by Gasteiger charge is -2.32. The summed E-state index contributed by atoms with van der Waals surface area (Å²) in [5.74, 6) is 2.08. The first-order valence-corrected chi connectivity index (χ1v) is 15.2. The average Bonchev–Trinajstić information content (AvgIpc) is 3.72. The van der Waals surface area contributed by atoms with Crippen molar-refractivity contribution in [2.45, 2.75) is 130 Å². The van der Waals surface area contributed by atoms with Gasteiger partial charge in [0.05, 0.1) is 38.6 Å². The highest BCUT2D eigenvalue weighted by molar-refractivity contribution is 5.73. The van der Waals surface area contributed by atoms with Crippen LogP contribution in [0, 0.1) is 0 Å². The van der Waals surface area contributed by atoms with E-state index in [1.54, 1.807) is 0 Å². The van der Waals surface area contributed by atoms with Crippen molar-refractivity contribution >= 4 is 0 Å². The van der Waals surface area contributed by atoms with E-state index in [-0.39, 0.29) is 21.7 Å². The van der Waals surface area contributed by atoms with Crippen LogP contribution < -0.4 is 9.47 Å². The third kappa shape index (κ3) is 7.62. The second kappa shape index (κ2) is 11.0. The van der Waals surface area contributed by atoms with Gasteiger partial charge in [-0.2, -0.15) is 0 Å². The molecule has 2 heterocycles. The smallest absolute Gasteiger partial charge is 0.126 e. The predicted octanol–water partition coefficient (Wildman–Crippen LogP) is 8.88. The Labute approximate surface area is 244 Å². The van der Waals surface area contributed by atoms with Crippen LogP contribution in [0.2, 0.25) is 0 Å². The van der Waals surface area contributed by atoms with Crippen LogP contribution in [0.25, 0.3) is 11.1 Å². The van der Waals surface area contributed by atoms with E-state index in [4.69, 9.17) is 18.9 Å². The van der Waals surface area contributed by atoms with Crippen molar-refractivity contribution in [3.63, 3.8) is 0 Å². The van der Waals surface area contributed by atoms with Gasteiger partial charge in [0.25, 0.3) is 0 Å². The molecule has 0 bridgehead atoms. The molecule has 222 valence electrons. The van der Waals surface area contributed by atoms with Gasteiger partial charge in [-0.3, -0.25) is 0 Å². The lowest BCUT2D eigenvalue weighted by atomic mass is 9.75. The summed E-state index contributed by atoms with van der Waals surface area (Å²) in [6, 6.07) is 9.49. The third-order valence-electron chi connectivity index (χ3n) is 7.92. The molecule has 4 rings (SSSR count). The number of hydrogen-bond acceptors (Lipinski definition) is 4. The number of hydrogen-bond donors (Lipinski definition) is 0. The summed E-state index contributed by atoms with van der Waals surface area (Å²) in [5, 5.41) is 0. The van der Waals surface area contributed by atoms with Gasteiger partial charge in [0.15, 0.2) is 0 Å². The summed E-state index contributed by atoms with van der Waals surface area (Å²) in [7, 11) is 0. The van der Waals surface area contributed by atoms with E-state index < -0.39 is 0 Å². The summed E-state index contributed by atoms with van der Waals surface area (Å²) in [6.07, 6.45) is 2.60. The summed E-state index contributed by atoms with van der Waals surface area (Å²) in [5.41, 5.74) is 7.20. The SMILES string of the molecule is CC(C)(C)c1cc(-c2cc(C(C)(C)C)c(OCCC3CO3)c(C(C)(C)C)c2)cc(C(C)(C)C)c1OCCC1CO1. The monoisotopic (exact) mass is 550 g/mol. The van der Waals surface area contributed by atoms with Crippen molar-refractivity contribution in [3.05, 3.63) is 46.5 Å². The molecule has 2 atom stereocenters. The second-order valence-electron chi connectivity index (χ2n) is 16.0. The Morgan fingerprint density at radius 2 is 0.775 bits per heavy atom. The van der Waals surface area contributed by atoms with Crippen molar-refractivity contribution in [2.24, 2.45) is 0 Å². The summed E-state index contributed by atoms with van der Waals surface area (Å²) in [4.78, 5) is 0. The summed E-state index contributed by atoms with van der Waals surface area (Å²) in [6.45, 7) is 30.5. The van der Waals surface area contributed by atoms with Gasteiger partial charge >= 0.3 is 0 Å². The van der Waals surface area contributed by atoms with Crippen LogP contribution >= 0.6 is 0 Å². The Morgan fingerprint density at radius 1 is 0.525 bits per heavy atom. The highest BCUT2D eigenvalue weighted by Crippen LogP contribution is 2.46. The maximum absolute atomic E-state index is 6.60. The van der Waals surface area contributed by atoms with E-state index in [1.165, 1.54) is 33.4 Å². The van der Waals surface area contributed by atoms with Gasteiger partial charge in [-0.1, -0.05) is 83.1 Å². The van der Waals surface area contributed by atoms with Crippen LogP contribution in [0.4, 0.5) is 0 Å². The lowest BCUT2D eigenvalue weighted by Crippen LogP contribution is -2.22. The van der Waals surface area contributed by atoms with Crippen molar-refractivity contribution in [1.29, 1.82) is 0 Å². The Morgan fingerprint density at radius 3 is 0.975 bits per heavy atom. The van der Waals surface area contributed by atoms with E-state index in [9.17, 15) is 0 Å². The minimum Gasteiger partial charge on any atom is -0.493 e. The van der Waals surface area contributed by atoms with E-state index in [1.807, 2.05) is 0 Å². The number of epoxide rings is 2. The van der Waals surface area contributed by atoms with Crippen LogP contribution in [0.3, 0.4) is 0 Å². The van der Waals surface area contributed by atoms with Crippen LogP contribution in [0.1, 0.15) is 118 Å². The molecule has 2 saturated heterocycles. The van der Waals surface area contributed by atoms with Gasteiger partial charge in [-0.15, -0.1) is 0 Å². The fourth-order valence-corrected chi connectivity index (χ4v) is 5.18. The molecule has 2 unspecified atom stereocenters. The molecule has 40 heavy (non-hydrogen) atoms. The van der Waals surface area contributed by atoms with Crippen LogP contribution in [0.5, 0.6) is 11.5 Å². The van der Waals surface area contributed by atoms with E-state index >= 15 is 0 Å². The molecule has 2 aromatic rings. The summed E-state index contributed by atoms with van der Waals surface area (Å²) >= 11 is 0. The van der Waals surface area contributed by atoms with Crippen molar-refractivity contribution in [3.8, 4) is 22.6 Å². The van der Waals surface area contributed by atoms with Gasteiger partial charge in [-0.25, -0.2) is 0 Å². The molecule has 0 aliphatic carbocycles. The van der Waals surface area contributed by atoms with E-state index in [0.717, 1.165) is 37.6 Å². The zero-order chi connectivity index (χ0) is 29.7. The molecule has 2 aromatic carbocycles. The van der Waals surface area contributed by atoms with E-state index in [2.05, 4.69) is 107 Å². The molecule has 0 amide bonds. The molecular weight excluding hydrogens is 496 g/mol. The fourth-order valence-electron chi connectivity index (χ4n) is 5.18. The van der Waals surface area contributed by atoms with Crippen LogP contribution in [-0.2, 0) is 31.1 Å². The lowest BCUT2D eigenvalue weighted by molar-refractivity contribution is 0.271. The van der Waals surface area contributed by atoms with Gasteiger partial charge in [0, 0.05) is 35.1 Å².